The van der Waals surface area contributed by atoms with Crippen LogP contribution in [0.1, 0.15) is 11.5 Å². The molecule has 1 N–H and O–H groups in total. The Kier molecular flexibility index (Phi) is 4.80. The van der Waals surface area contributed by atoms with Crippen molar-refractivity contribution < 1.29 is 13.5 Å². The number of halogens is 3. The first-order valence-electron chi connectivity index (χ1n) is 7.30. The summed E-state index contributed by atoms with van der Waals surface area (Å²) in [4.78, 5) is 12.9. The van der Waals surface area contributed by atoms with Gasteiger partial charge in [-0.3, -0.25) is 9.55 Å². The molecule has 9 heteroatoms. The summed E-state index contributed by atoms with van der Waals surface area (Å²) in [6.07, 6.45) is 3.12. The third kappa shape index (κ3) is 3.85. The van der Waals surface area contributed by atoms with Gasteiger partial charge < -0.3 is 10.1 Å². The average molecular weight is 366 g/mol. The lowest BCUT2D eigenvalue weighted by molar-refractivity contribution is -0.0498. The molecule has 130 valence electrons. The van der Waals surface area contributed by atoms with Crippen LogP contribution in [0.3, 0.4) is 0 Å². The van der Waals surface area contributed by atoms with Crippen molar-refractivity contribution in [2.45, 2.75) is 20.5 Å². The van der Waals surface area contributed by atoms with Gasteiger partial charge in [0.15, 0.2) is 11.6 Å². The van der Waals surface area contributed by atoms with Gasteiger partial charge in [0.2, 0.25) is 0 Å². The molecule has 0 fully saturated rings. The molecular formula is C16H14ClF2N5O. The molecule has 0 aliphatic rings. The van der Waals surface area contributed by atoms with E-state index in [1.807, 2.05) is 13.8 Å². The highest BCUT2D eigenvalue weighted by Gasteiger charge is 2.13. The molecular weight excluding hydrogens is 352 g/mol. The average Bonchev–Trinajstić information content (AvgIpc) is 2.82. The molecule has 0 amide bonds. The van der Waals surface area contributed by atoms with Gasteiger partial charge in [0, 0.05) is 5.69 Å². The fourth-order valence-electron chi connectivity index (χ4n) is 2.30. The molecule has 3 aromatic rings. The van der Waals surface area contributed by atoms with Gasteiger partial charge in [-0.1, -0.05) is 11.6 Å². The van der Waals surface area contributed by atoms with Crippen LogP contribution in [-0.2, 0) is 0 Å². The Labute approximate surface area is 147 Å². The molecule has 3 rings (SSSR count). The van der Waals surface area contributed by atoms with Crippen molar-refractivity contribution in [3.8, 4) is 11.6 Å². The zero-order chi connectivity index (χ0) is 18.0. The smallest absolute Gasteiger partial charge is 0.387 e. The lowest BCUT2D eigenvalue weighted by Crippen LogP contribution is -2.04. The predicted octanol–water partition coefficient (Wildman–Crippen LogP) is 4.28. The van der Waals surface area contributed by atoms with Crippen LogP contribution < -0.4 is 10.1 Å². The number of rotatable bonds is 5. The highest BCUT2D eigenvalue weighted by molar-refractivity contribution is 6.30. The van der Waals surface area contributed by atoms with Crippen LogP contribution in [0, 0.1) is 13.8 Å². The second-order valence-electron chi connectivity index (χ2n) is 5.16. The first-order chi connectivity index (χ1) is 11.9. The Hall–Kier alpha value is -2.74. The van der Waals surface area contributed by atoms with Crippen molar-refractivity contribution >= 4 is 23.1 Å². The summed E-state index contributed by atoms with van der Waals surface area (Å²) >= 11 is 6.26. The lowest BCUT2D eigenvalue weighted by Gasteiger charge is -2.10. The van der Waals surface area contributed by atoms with E-state index in [0.717, 1.165) is 0 Å². The molecule has 0 aliphatic heterocycles. The van der Waals surface area contributed by atoms with Crippen molar-refractivity contribution in [3.05, 3.63) is 53.3 Å². The number of aromatic nitrogens is 4. The third-order valence-electron chi connectivity index (χ3n) is 3.35. The van der Waals surface area contributed by atoms with Crippen molar-refractivity contribution in [1.82, 2.24) is 19.5 Å². The first kappa shape index (κ1) is 17.1. The summed E-state index contributed by atoms with van der Waals surface area (Å²) in [5.74, 6) is 1.77. The normalized spacial score (nSPS) is 11.0. The number of aryl methyl sites for hydroxylation is 2. The summed E-state index contributed by atoms with van der Waals surface area (Å²) in [6, 6.07) is 6.08. The molecule has 0 aliphatic carbocycles. The van der Waals surface area contributed by atoms with Crippen molar-refractivity contribution in [1.29, 1.82) is 0 Å². The maximum absolute atomic E-state index is 12.2. The highest BCUT2D eigenvalue weighted by atomic mass is 35.5. The number of nitrogens with zero attached hydrogens (tertiary/aromatic N) is 4. The number of anilines is 2. The number of alkyl halides is 2. The number of ether oxygens (including phenoxy) is 1. The Morgan fingerprint density at radius 2 is 1.84 bits per heavy atom. The van der Waals surface area contributed by atoms with Crippen LogP contribution in [-0.4, -0.2) is 26.1 Å². The van der Waals surface area contributed by atoms with E-state index in [4.69, 9.17) is 11.6 Å². The molecule has 0 bridgehead atoms. The Morgan fingerprint density at radius 1 is 1.12 bits per heavy atom. The number of nitrogens with one attached hydrogen (secondary N) is 1. The maximum Gasteiger partial charge on any atom is 0.387 e. The summed E-state index contributed by atoms with van der Waals surface area (Å²) in [6.45, 7) is 0.778. The second-order valence-corrected chi connectivity index (χ2v) is 5.52. The van der Waals surface area contributed by atoms with Gasteiger partial charge in [-0.25, -0.2) is 9.97 Å². The quantitative estimate of drug-likeness (QED) is 0.731. The zero-order valence-electron chi connectivity index (χ0n) is 13.4. The molecule has 0 unspecified atom stereocenters. The SMILES string of the molecule is Cc1nc(C)n(-c2cncc(Nc3ccc(OC(F)F)cc3)n2)c1Cl. The van der Waals surface area contributed by atoms with Gasteiger partial charge >= 0.3 is 6.61 Å². The highest BCUT2D eigenvalue weighted by Crippen LogP contribution is 2.23. The molecule has 25 heavy (non-hydrogen) atoms. The Bertz CT molecular complexity index is 883. The first-order valence-corrected chi connectivity index (χ1v) is 7.67. The van der Waals surface area contributed by atoms with Crippen LogP contribution in [0.25, 0.3) is 5.82 Å². The number of hydrogen-bond acceptors (Lipinski definition) is 5. The van der Waals surface area contributed by atoms with E-state index < -0.39 is 6.61 Å². The van der Waals surface area contributed by atoms with E-state index in [1.165, 1.54) is 12.1 Å². The minimum Gasteiger partial charge on any atom is -0.435 e. The van der Waals surface area contributed by atoms with Crippen LogP contribution in [0.15, 0.2) is 36.7 Å². The maximum atomic E-state index is 12.2. The topological polar surface area (TPSA) is 64.9 Å². The molecule has 0 spiro atoms. The molecule has 2 aromatic heterocycles. The summed E-state index contributed by atoms with van der Waals surface area (Å²) in [7, 11) is 0. The van der Waals surface area contributed by atoms with Gasteiger partial charge in [0.1, 0.15) is 16.7 Å². The van der Waals surface area contributed by atoms with E-state index >= 15 is 0 Å². The summed E-state index contributed by atoms with van der Waals surface area (Å²) in [5, 5.41) is 3.52. The largest absolute Gasteiger partial charge is 0.435 e. The van der Waals surface area contributed by atoms with Gasteiger partial charge in [-0.05, 0) is 38.1 Å². The molecule has 0 radical (unpaired) electrons. The van der Waals surface area contributed by atoms with Crippen LogP contribution in [0.2, 0.25) is 5.15 Å². The van der Waals surface area contributed by atoms with E-state index in [1.54, 1.807) is 29.1 Å². The van der Waals surface area contributed by atoms with E-state index in [2.05, 4.69) is 25.0 Å². The minimum absolute atomic E-state index is 0.0803. The van der Waals surface area contributed by atoms with Crippen LogP contribution in [0.5, 0.6) is 5.75 Å². The van der Waals surface area contributed by atoms with Gasteiger partial charge in [0.05, 0.1) is 18.1 Å². The fraction of sp³-hybridized carbons (Fsp3) is 0.188. The summed E-state index contributed by atoms with van der Waals surface area (Å²) < 4.78 is 30.3. The van der Waals surface area contributed by atoms with E-state index in [0.29, 0.717) is 34.0 Å². The molecule has 1 aromatic carbocycles. The predicted molar refractivity (Wildman–Crippen MR) is 90.0 cm³/mol. The van der Waals surface area contributed by atoms with Crippen LogP contribution >= 0.6 is 11.6 Å². The molecule has 0 saturated heterocycles. The van der Waals surface area contributed by atoms with E-state index in [9.17, 15) is 8.78 Å². The fourth-order valence-corrected chi connectivity index (χ4v) is 2.55. The summed E-state index contributed by atoms with van der Waals surface area (Å²) in [5.41, 5.74) is 1.35. The second kappa shape index (κ2) is 7.02. The van der Waals surface area contributed by atoms with Crippen LogP contribution in [0.4, 0.5) is 20.3 Å². The molecule has 0 saturated carbocycles. The minimum atomic E-state index is -2.85. The van der Waals surface area contributed by atoms with Crippen molar-refractivity contribution in [2.24, 2.45) is 0 Å². The Morgan fingerprint density at radius 3 is 2.44 bits per heavy atom. The molecule has 0 atom stereocenters. The number of hydrogen-bond donors (Lipinski definition) is 1. The third-order valence-corrected chi connectivity index (χ3v) is 3.79. The lowest BCUT2D eigenvalue weighted by atomic mass is 10.3. The standard InChI is InChI=1S/C16H14ClF2N5O/c1-9-15(17)24(10(2)21-9)14-8-20-7-13(23-14)22-11-3-5-12(6-4-11)25-16(18)19/h3-8,16H,1-2H3,(H,22,23). The van der Waals surface area contributed by atoms with E-state index in [-0.39, 0.29) is 5.75 Å². The molecule has 2 heterocycles. The monoisotopic (exact) mass is 365 g/mol. The van der Waals surface area contributed by atoms with Gasteiger partial charge in [0.25, 0.3) is 0 Å². The van der Waals surface area contributed by atoms with Gasteiger partial charge in [-0.15, -0.1) is 0 Å². The number of benzene rings is 1. The zero-order valence-corrected chi connectivity index (χ0v) is 14.1. The molecule has 6 nitrogen and oxygen atoms in total. The van der Waals surface area contributed by atoms with Gasteiger partial charge in [-0.2, -0.15) is 8.78 Å². The van der Waals surface area contributed by atoms with Crippen molar-refractivity contribution in [3.63, 3.8) is 0 Å². The van der Waals surface area contributed by atoms with Crippen molar-refractivity contribution in [2.75, 3.05) is 5.32 Å². The Balaban J connectivity index is 1.82. The number of imidazole rings is 1.